The molecule has 0 aromatic heterocycles. The number of ether oxygens (including phenoxy) is 2. The highest BCUT2D eigenvalue weighted by molar-refractivity contribution is 6.11. The molecule has 9 nitrogen and oxygen atoms in total. The van der Waals surface area contributed by atoms with E-state index in [1.54, 1.807) is 30.3 Å². The third kappa shape index (κ3) is 6.24. The van der Waals surface area contributed by atoms with Crippen molar-refractivity contribution in [3.8, 4) is 5.75 Å². The zero-order valence-corrected chi connectivity index (χ0v) is 17.8. The van der Waals surface area contributed by atoms with Crippen molar-refractivity contribution in [2.75, 3.05) is 29.9 Å². The molecule has 1 heterocycles. The highest BCUT2D eigenvalue weighted by Gasteiger charge is 2.35. The molecule has 0 aliphatic carbocycles. The van der Waals surface area contributed by atoms with E-state index in [2.05, 4.69) is 10.6 Å². The summed E-state index contributed by atoms with van der Waals surface area (Å²) in [6.07, 6.45) is -6.00. The summed E-state index contributed by atoms with van der Waals surface area (Å²) < 4.78 is 49.1. The largest absolute Gasteiger partial charge is 0.484 e. The second kappa shape index (κ2) is 10.2. The Hall–Kier alpha value is -4.09. The molecule has 0 bridgehead atoms. The molecule has 1 unspecified atom stereocenters. The molecule has 1 atom stereocenters. The van der Waals surface area contributed by atoms with Gasteiger partial charge in [-0.15, -0.1) is 0 Å². The van der Waals surface area contributed by atoms with Crippen LogP contribution in [-0.2, 0) is 30.1 Å². The average molecular weight is 479 g/mol. The van der Waals surface area contributed by atoms with E-state index in [-0.39, 0.29) is 18.0 Å². The number of para-hydroxylation sites is 1. The minimum atomic E-state index is -4.63. The quantitative estimate of drug-likeness (QED) is 0.588. The first-order valence-corrected chi connectivity index (χ1v) is 10.0. The van der Waals surface area contributed by atoms with Crippen LogP contribution in [0.5, 0.6) is 5.75 Å². The first kappa shape index (κ1) is 24.6. The number of amides is 3. The van der Waals surface area contributed by atoms with Crippen molar-refractivity contribution >= 4 is 35.1 Å². The van der Waals surface area contributed by atoms with Gasteiger partial charge in [0, 0.05) is 0 Å². The van der Waals surface area contributed by atoms with E-state index in [1.807, 2.05) is 0 Å². The summed E-state index contributed by atoms with van der Waals surface area (Å²) >= 11 is 0. The van der Waals surface area contributed by atoms with E-state index in [4.69, 9.17) is 9.47 Å². The SMILES string of the molecule is CC(OC(=O)CNC(=O)COc1ccccc1)C(=O)N1CC(=O)Nc2cc(C(F)(F)F)ccc21. The molecule has 3 rings (SSSR count). The average Bonchev–Trinajstić information content (AvgIpc) is 2.80. The fraction of sp³-hybridized carbons (Fsp3) is 0.273. The van der Waals surface area contributed by atoms with E-state index in [0.717, 1.165) is 23.1 Å². The van der Waals surface area contributed by atoms with Gasteiger partial charge in [-0.05, 0) is 37.3 Å². The number of fused-ring (bicyclic) bond motifs is 1. The molecule has 2 N–H and O–H groups in total. The second-order valence-electron chi connectivity index (χ2n) is 7.21. The summed E-state index contributed by atoms with van der Waals surface area (Å²) in [5.74, 6) is -2.58. The standard InChI is InChI=1S/C22H20F3N3O6/c1-13(34-20(31)10-26-19(30)12-33-15-5-3-2-4-6-15)21(32)28-11-18(29)27-16-9-14(22(23,24)25)7-8-17(16)28/h2-9,13H,10-12H2,1H3,(H,26,30)(H,27,29). The molecule has 0 saturated heterocycles. The summed E-state index contributed by atoms with van der Waals surface area (Å²) in [7, 11) is 0. The van der Waals surface area contributed by atoms with Crippen LogP contribution < -0.4 is 20.3 Å². The first-order valence-electron chi connectivity index (χ1n) is 10.0. The third-order valence-corrected chi connectivity index (χ3v) is 4.66. The van der Waals surface area contributed by atoms with Gasteiger partial charge in [0.05, 0.1) is 16.9 Å². The molecule has 0 radical (unpaired) electrons. The van der Waals surface area contributed by atoms with Crippen LogP contribution in [-0.4, -0.2) is 49.5 Å². The maximum absolute atomic E-state index is 13.0. The van der Waals surface area contributed by atoms with Crippen LogP contribution in [0.2, 0.25) is 0 Å². The molecule has 1 aliphatic rings. The van der Waals surface area contributed by atoms with Gasteiger partial charge in [-0.25, -0.2) is 0 Å². The number of halogens is 3. The number of nitrogens with zero attached hydrogens (tertiary/aromatic N) is 1. The molecule has 12 heteroatoms. The lowest BCUT2D eigenvalue weighted by atomic mass is 10.1. The molecule has 180 valence electrons. The fourth-order valence-electron chi connectivity index (χ4n) is 3.06. The summed E-state index contributed by atoms with van der Waals surface area (Å²) in [5.41, 5.74) is -1.15. The van der Waals surface area contributed by atoms with Gasteiger partial charge in [0.15, 0.2) is 12.7 Å². The molecule has 2 aromatic rings. The van der Waals surface area contributed by atoms with Crippen LogP contribution in [0, 0.1) is 0 Å². The van der Waals surface area contributed by atoms with Gasteiger partial charge in [0.2, 0.25) is 5.91 Å². The van der Waals surface area contributed by atoms with E-state index < -0.39 is 54.6 Å². The van der Waals surface area contributed by atoms with Crippen LogP contribution in [0.25, 0.3) is 0 Å². The van der Waals surface area contributed by atoms with Gasteiger partial charge in [-0.2, -0.15) is 13.2 Å². The molecular weight excluding hydrogens is 459 g/mol. The highest BCUT2D eigenvalue weighted by Crippen LogP contribution is 2.37. The lowest BCUT2D eigenvalue weighted by molar-refractivity contribution is -0.153. The molecule has 1 aliphatic heterocycles. The van der Waals surface area contributed by atoms with Crippen molar-refractivity contribution in [2.24, 2.45) is 0 Å². The van der Waals surface area contributed by atoms with Gasteiger partial charge in [0.1, 0.15) is 18.8 Å². The van der Waals surface area contributed by atoms with Crippen LogP contribution in [0.1, 0.15) is 12.5 Å². The van der Waals surface area contributed by atoms with Crippen molar-refractivity contribution in [2.45, 2.75) is 19.2 Å². The summed E-state index contributed by atoms with van der Waals surface area (Å²) in [5, 5.41) is 4.58. The predicted molar refractivity (Wildman–Crippen MR) is 113 cm³/mol. The number of carbonyl (C=O) groups is 4. The summed E-state index contributed by atoms with van der Waals surface area (Å²) in [4.78, 5) is 49.5. The fourth-order valence-corrected chi connectivity index (χ4v) is 3.06. The Morgan fingerprint density at radius 1 is 1.15 bits per heavy atom. The Kier molecular flexibility index (Phi) is 7.39. The minimum Gasteiger partial charge on any atom is -0.484 e. The van der Waals surface area contributed by atoms with Gasteiger partial charge < -0.3 is 20.1 Å². The lowest BCUT2D eigenvalue weighted by Gasteiger charge is -2.31. The van der Waals surface area contributed by atoms with E-state index >= 15 is 0 Å². The number of benzene rings is 2. The molecule has 0 fully saturated rings. The van der Waals surface area contributed by atoms with E-state index in [1.165, 1.54) is 6.92 Å². The van der Waals surface area contributed by atoms with E-state index in [9.17, 15) is 32.3 Å². The number of esters is 1. The van der Waals surface area contributed by atoms with Gasteiger partial charge in [0.25, 0.3) is 11.8 Å². The molecular formula is C22H20F3N3O6. The van der Waals surface area contributed by atoms with Crippen molar-refractivity contribution < 1.29 is 41.8 Å². The second-order valence-corrected chi connectivity index (χ2v) is 7.21. The number of nitrogens with one attached hydrogen (secondary N) is 2. The number of rotatable bonds is 7. The Morgan fingerprint density at radius 2 is 1.85 bits per heavy atom. The number of hydrogen-bond donors (Lipinski definition) is 2. The Bertz CT molecular complexity index is 1090. The minimum absolute atomic E-state index is 0.0341. The molecule has 0 spiro atoms. The maximum Gasteiger partial charge on any atom is 0.416 e. The molecule has 0 saturated carbocycles. The van der Waals surface area contributed by atoms with Crippen molar-refractivity contribution in [3.05, 3.63) is 54.1 Å². The van der Waals surface area contributed by atoms with Crippen LogP contribution in [0.15, 0.2) is 48.5 Å². The van der Waals surface area contributed by atoms with Crippen LogP contribution in [0.4, 0.5) is 24.5 Å². The zero-order valence-electron chi connectivity index (χ0n) is 17.8. The predicted octanol–water partition coefficient (Wildman–Crippen LogP) is 2.12. The number of hydrogen-bond acceptors (Lipinski definition) is 6. The summed E-state index contributed by atoms with van der Waals surface area (Å²) in [6.45, 7) is -0.102. The van der Waals surface area contributed by atoms with Gasteiger partial charge in [-0.3, -0.25) is 24.1 Å². The van der Waals surface area contributed by atoms with Crippen LogP contribution >= 0.6 is 0 Å². The Morgan fingerprint density at radius 3 is 2.53 bits per heavy atom. The van der Waals surface area contributed by atoms with E-state index in [0.29, 0.717) is 5.75 Å². The van der Waals surface area contributed by atoms with Crippen molar-refractivity contribution in [1.29, 1.82) is 0 Å². The Balaban J connectivity index is 1.55. The topological polar surface area (TPSA) is 114 Å². The molecule has 2 aromatic carbocycles. The smallest absolute Gasteiger partial charge is 0.416 e. The highest BCUT2D eigenvalue weighted by atomic mass is 19.4. The maximum atomic E-state index is 13.0. The third-order valence-electron chi connectivity index (χ3n) is 4.66. The Labute approximate surface area is 191 Å². The number of anilines is 2. The zero-order chi connectivity index (χ0) is 24.9. The number of alkyl halides is 3. The van der Waals surface area contributed by atoms with Gasteiger partial charge in [-0.1, -0.05) is 18.2 Å². The molecule has 34 heavy (non-hydrogen) atoms. The summed E-state index contributed by atoms with van der Waals surface area (Å²) in [6, 6.07) is 11.1. The lowest BCUT2D eigenvalue weighted by Crippen LogP contribution is -2.47. The monoisotopic (exact) mass is 479 g/mol. The van der Waals surface area contributed by atoms with Crippen molar-refractivity contribution in [1.82, 2.24) is 5.32 Å². The van der Waals surface area contributed by atoms with Crippen molar-refractivity contribution in [3.63, 3.8) is 0 Å². The van der Waals surface area contributed by atoms with Gasteiger partial charge >= 0.3 is 12.1 Å². The van der Waals surface area contributed by atoms with Crippen LogP contribution in [0.3, 0.4) is 0 Å². The number of carbonyl (C=O) groups excluding carboxylic acids is 4. The first-order chi connectivity index (χ1) is 16.0. The normalized spacial score (nSPS) is 13.9. The molecule has 3 amide bonds.